The fourth-order valence-electron chi connectivity index (χ4n) is 3.32. The number of amides is 1. The van der Waals surface area contributed by atoms with E-state index in [-0.39, 0.29) is 28.4 Å². The summed E-state index contributed by atoms with van der Waals surface area (Å²) in [5.74, 6) is -0.850. The van der Waals surface area contributed by atoms with Crippen molar-refractivity contribution < 1.29 is 22.7 Å². The molecule has 0 saturated carbocycles. The molecule has 1 aromatic carbocycles. The van der Waals surface area contributed by atoms with Crippen LogP contribution in [-0.4, -0.2) is 61.8 Å². The topological polar surface area (TPSA) is 84.0 Å². The highest BCUT2D eigenvalue weighted by molar-refractivity contribution is 7.89. The van der Waals surface area contributed by atoms with Gasteiger partial charge in [-0.15, -0.1) is 0 Å². The molecule has 0 bridgehead atoms. The molecule has 0 radical (unpaired) electrons. The van der Waals surface area contributed by atoms with E-state index >= 15 is 0 Å². The fraction of sp³-hybridized carbons (Fsp3) is 0.579. The van der Waals surface area contributed by atoms with Crippen molar-refractivity contribution in [2.24, 2.45) is 0 Å². The van der Waals surface area contributed by atoms with Gasteiger partial charge in [-0.25, -0.2) is 17.5 Å². The molecule has 1 aromatic rings. The highest BCUT2D eigenvalue weighted by Crippen LogP contribution is 2.24. The molecular formula is C19H28N2O5S. The predicted octanol–water partition coefficient (Wildman–Crippen LogP) is 2.27. The number of sulfonamides is 1. The van der Waals surface area contributed by atoms with Gasteiger partial charge in [0.2, 0.25) is 10.0 Å². The Bertz CT molecular complexity index is 779. The van der Waals surface area contributed by atoms with Gasteiger partial charge in [0, 0.05) is 26.2 Å². The number of carbonyl (C=O) groups is 2. The summed E-state index contributed by atoms with van der Waals surface area (Å²) in [6.07, 6.45) is 2.07. The minimum absolute atomic E-state index is 0.0872. The van der Waals surface area contributed by atoms with Crippen molar-refractivity contribution >= 4 is 21.9 Å². The lowest BCUT2D eigenvalue weighted by atomic mass is 9.97. The largest absolute Gasteiger partial charge is 0.449 e. The lowest BCUT2D eigenvalue weighted by molar-refractivity contribution is -0.146. The Morgan fingerprint density at radius 3 is 2.11 bits per heavy atom. The first-order chi connectivity index (χ1) is 12.6. The molecule has 3 atom stereocenters. The Labute approximate surface area is 161 Å². The molecule has 8 heteroatoms. The lowest BCUT2D eigenvalue weighted by Gasteiger charge is -2.40. The van der Waals surface area contributed by atoms with Crippen LogP contribution < -0.4 is 0 Å². The second-order valence-electron chi connectivity index (χ2n) is 7.23. The van der Waals surface area contributed by atoms with Crippen molar-refractivity contribution in [3.8, 4) is 0 Å². The van der Waals surface area contributed by atoms with E-state index in [0.29, 0.717) is 0 Å². The van der Waals surface area contributed by atoms with Gasteiger partial charge < -0.3 is 9.64 Å². The zero-order valence-corrected chi connectivity index (χ0v) is 17.3. The Hall–Kier alpha value is -1.93. The Kier molecular flexibility index (Phi) is 6.64. The summed E-state index contributed by atoms with van der Waals surface area (Å²) in [6.45, 7) is 5.58. The summed E-state index contributed by atoms with van der Waals surface area (Å²) in [5, 5.41) is 0. The lowest BCUT2D eigenvalue weighted by Crippen LogP contribution is -2.51. The molecule has 1 saturated heterocycles. The van der Waals surface area contributed by atoms with Crippen LogP contribution in [0.25, 0.3) is 0 Å². The van der Waals surface area contributed by atoms with E-state index < -0.39 is 22.1 Å². The van der Waals surface area contributed by atoms with Crippen LogP contribution in [0.15, 0.2) is 29.2 Å². The Balaban J connectivity index is 2.07. The summed E-state index contributed by atoms with van der Waals surface area (Å²) in [6, 6.07) is 5.74. The molecule has 1 heterocycles. The molecule has 0 unspecified atom stereocenters. The molecule has 2 rings (SSSR count). The van der Waals surface area contributed by atoms with Crippen molar-refractivity contribution in [1.82, 2.24) is 9.21 Å². The van der Waals surface area contributed by atoms with Crippen molar-refractivity contribution in [1.29, 1.82) is 0 Å². The number of benzene rings is 1. The Morgan fingerprint density at radius 1 is 1.11 bits per heavy atom. The van der Waals surface area contributed by atoms with Gasteiger partial charge in [-0.1, -0.05) is 0 Å². The first-order valence-electron chi connectivity index (χ1n) is 9.11. The van der Waals surface area contributed by atoms with E-state index in [4.69, 9.17) is 4.74 Å². The van der Waals surface area contributed by atoms with Gasteiger partial charge in [0.25, 0.3) is 5.91 Å². The van der Waals surface area contributed by atoms with Crippen LogP contribution in [0.5, 0.6) is 0 Å². The SMILES string of the molecule is C[C@@H](OC(=O)c1ccc(S(=O)(=O)N(C)C)cc1)C(=O)N1[C@@H](C)CCC[C@@H]1C. The Morgan fingerprint density at radius 2 is 1.63 bits per heavy atom. The molecular weight excluding hydrogens is 368 g/mol. The number of piperidine rings is 1. The molecule has 150 valence electrons. The van der Waals surface area contributed by atoms with Gasteiger partial charge in [0.15, 0.2) is 6.10 Å². The monoisotopic (exact) mass is 396 g/mol. The van der Waals surface area contributed by atoms with Crippen molar-refractivity contribution in [3.63, 3.8) is 0 Å². The first-order valence-corrected chi connectivity index (χ1v) is 10.6. The molecule has 1 amide bonds. The standard InChI is InChI=1S/C19H28N2O5S/c1-13-7-6-8-14(2)21(13)18(22)15(3)26-19(23)16-9-11-17(12-10-16)27(24,25)20(4)5/h9-15H,6-8H2,1-5H3/t13-,14-,15+/m0/s1. The maximum Gasteiger partial charge on any atom is 0.338 e. The van der Waals surface area contributed by atoms with E-state index in [1.165, 1.54) is 38.4 Å². The van der Waals surface area contributed by atoms with Crippen LogP contribution in [0.2, 0.25) is 0 Å². The van der Waals surface area contributed by atoms with Gasteiger partial charge >= 0.3 is 5.97 Å². The number of likely N-dealkylation sites (tertiary alicyclic amines) is 1. The molecule has 0 aliphatic carbocycles. The number of hydrogen-bond donors (Lipinski definition) is 0. The van der Waals surface area contributed by atoms with E-state index in [9.17, 15) is 18.0 Å². The maximum atomic E-state index is 12.7. The van der Waals surface area contributed by atoms with E-state index in [1.54, 1.807) is 11.8 Å². The van der Waals surface area contributed by atoms with Crippen LogP contribution in [0, 0.1) is 0 Å². The number of nitrogens with zero attached hydrogens (tertiary/aromatic N) is 2. The minimum Gasteiger partial charge on any atom is -0.449 e. The average molecular weight is 397 g/mol. The number of ether oxygens (including phenoxy) is 1. The molecule has 1 aliphatic rings. The molecule has 7 nitrogen and oxygen atoms in total. The van der Waals surface area contributed by atoms with Crippen molar-refractivity contribution in [2.45, 2.75) is 63.1 Å². The third kappa shape index (κ3) is 4.68. The normalized spacial score (nSPS) is 21.8. The van der Waals surface area contributed by atoms with Gasteiger partial charge in [0.05, 0.1) is 10.5 Å². The first kappa shape index (κ1) is 21.4. The van der Waals surface area contributed by atoms with Gasteiger partial charge in [-0.05, 0) is 64.3 Å². The number of hydrogen-bond acceptors (Lipinski definition) is 5. The third-order valence-electron chi connectivity index (χ3n) is 4.95. The smallest absolute Gasteiger partial charge is 0.338 e. The van der Waals surface area contributed by atoms with Crippen LogP contribution >= 0.6 is 0 Å². The second kappa shape index (κ2) is 8.39. The van der Waals surface area contributed by atoms with Crippen molar-refractivity contribution in [3.05, 3.63) is 29.8 Å². The van der Waals surface area contributed by atoms with Gasteiger partial charge in [-0.3, -0.25) is 4.79 Å². The molecule has 0 N–H and O–H groups in total. The third-order valence-corrected chi connectivity index (χ3v) is 6.78. The summed E-state index contributed by atoms with van der Waals surface area (Å²) in [4.78, 5) is 26.9. The highest BCUT2D eigenvalue weighted by Gasteiger charge is 2.33. The van der Waals surface area contributed by atoms with E-state index in [2.05, 4.69) is 0 Å². The van der Waals surface area contributed by atoms with Crippen LogP contribution in [0.4, 0.5) is 0 Å². The predicted molar refractivity (Wildman–Crippen MR) is 102 cm³/mol. The zero-order valence-electron chi connectivity index (χ0n) is 16.5. The number of carbonyl (C=O) groups excluding carboxylic acids is 2. The van der Waals surface area contributed by atoms with Gasteiger partial charge in [0.1, 0.15) is 0 Å². The molecule has 1 fully saturated rings. The second-order valence-corrected chi connectivity index (χ2v) is 9.39. The number of esters is 1. The fourth-order valence-corrected chi connectivity index (χ4v) is 4.22. The van der Waals surface area contributed by atoms with Crippen LogP contribution in [0.3, 0.4) is 0 Å². The molecule has 27 heavy (non-hydrogen) atoms. The molecule has 1 aliphatic heterocycles. The molecule has 0 spiro atoms. The zero-order chi connectivity index (χ0) is 20.4. The van der Waals surface area contributed by atoms with Crippen LogP contribution in [-0.2, 0) is 19.6 Å². The number of rotatable bonds is 5. The summed E-state index contributed by atoms with van der Waals surface area (Å²) < 4.78 is 30.6. The summed E-state index contributed by atoms with van der Waals surface area (Å²) in [7, 11) is -0.686. The quantitative estimate of drug-likeness (QED) is 0.713. The maximum absolute atomic E-state index is 12.7. The van der Waals surface area contributed by atoms with Crippen molar-refractivity contribution in [2.75, 3.05) is 14.1 Å². The summed E-state index contributed by atoms with van der Waals surface area (Å²) in [5.41, 5.74) is 0.201. The van der Waals surface area contributed by atoms with E-state index in [1.807, 2.05) is 13.8 Å². The highest BCUT2D eigenvalue weighted by atomic mass is 32.2. The molecule has 0 aromatic heterocycles. The van der Waals surface area contributed by atoms with Crippen LogP contribution in [0.1, 0.15) is 50.4 Å². The summed E-state index contributed by atoms with van der Waals surface area (Å²) >= 11 is 0. The minimum atomic E-state index is -3.56. The van der Waals surface area contributed by atoms with Gasteiger partial charge in [-0.2, -0.15) is 0 Å². The average Bonchev–Trinajstić information content (AvgIpc) is 2.61. The van der Waals surface area contributed by atoms with E-state index in [0.717, 1.165) is 23.6 Å².